The zero-order valence-corrected chi connectivity index (χ0v) is 10.2. The van der Waals surface area contributed by atoms with E-state index in [4.69, 9.17) is 0 Å². The van der Waals surface area contributed by atoms with Crippen molar-refractivity contribution in [2.75, 3.05) is 0 Å². The molecule has 0 radical (unpaired) electrons. The van der Waals surface area contributed by atoms with Gasteiger partial charge >= 0.3 is 0 Å². The lowest BCUT2D eigenvalue weighted by Gasteiger charge is -2.00. The molecular weight excluding hydrogens is 236 g/mol. The highest BCUT2D eigenvalue weighted by Gasteiger charge is 2.13. The average molecular weight is 246 g/mol. The van der Waals surface area contributed by atoms with Crippen LogP contribution in [0, 0.1) is 13.8 Å². The molecule has 86 valence electrons. The predicted octanol–water partition coefficient (Wildman–Crippen LogP) is 2.18. The summed E-state index contributed by atoms with van der Waals surface area (Å²) < 4.78 is 1.68. The third-order valence-corrected chi connectivity index (χ3v) is 3.46. The second-order valence-corrected chi connectivity index (χ2v) is 4.83. The first-order valence-corrected chi connectivity index (χ1v) is 5.95. The summed E-state index contributed by atoms with van der Waals surface area (Å²) in [6.07, 6.45) is 0. The molecule has 0 aliphatic rings. The van der Waals surface area contributed by atoms with Gasteiger partial charge in [-0.1, -0.05) is 17.4 Å². The van der Waals surface area contributed by atoms with Crippen LogP contribution in [0.1, 0.15) is 11.4 Å². The fourth-order valence-corrected chi connectivity index (χ4v) is 2.57. The number of rotatable bonds is 1. The van der Waals surface area contributed by atoms with Crippen LogP contribution in [0.3, 0.4) is 0 Å². The van der Waals surface area contributed by atoms with E-state index in [1.807, 2.05) is 26.0 Å². The van der Waals surface area contributed by atoms with E-state index < -0.39 is 0 Å². The van der Waals surface area contributed by atoms with E-state index in [0.717, 1.165) is 26.9 Å². The van der Waals surface area contributed by atoms with Crippen LogP contribution in [0.4, 0.5) is 0 Å². The highest BCUT2D eigenvalue weighted by Crippen LogP contribution is 2.32. The van der Waals surface area contributed by atoms with Gasteiger partial charge in [0.1, 0.15) is 5.75 Å². The fraction of sp³-hybridized carbons (Fsp3) is 0.182. The standard InChI is InChI=1S/C11H10N4OS/c1-6-3-4-8(9(16)5-6)10-14-15-7(2)12-13-11(15)17-10/h3-5,16H,1-2H3. The summed E-state index contributed by atoms with van der Waals surface area (Å²) in [5, 5.41) is 23.0. The van der Waals surface area contributed by atoms with Crippen LogP contribution in [-0.4, -0.2) is 24.9 Å². The molecule has 0 atom stereocenters. The molecule has 1 aromatic carbocycles. The van der Waals surface area contributed by atoms with Crippen molar-refractivity contribution in [1.82, 2.24) is 19.8 Å². The van der Waals surface area contributed by atoms with Crippen molar-refractivity contribution in [3.05, 3.63) is 29.6 Å². The van der Waals surface area contributed by atoms with Crippen LogP contribution in [0.5, 0.6) is 5.75 Å². The minimum atomic E-state index is 0.243. The summed E-state index contributed by atoms with van der Waals surface area (Å²) in [5.74, 6) is 0.988. The van der Waals surface area contributed by atoms with E-state index in [1.165, 1.54) is 11.3 Å². The third-order valence-electron chi connectivity index (χ3n) is 2.53. The van der Waals surface area contributed by atoms with Gasteiger partial charge in [0.15, 0.2) is 10.8 Å². The quantitative estimate of drug-likeness (QED) is 0.714. The summed E-state index contributed by atoms with van der Waals surface area (Å²) >= 11 is 1.41. The van der Waals surface area contributed by atoms with Crippen LogP contribution < -0.4 is 0 Å². The minimum absolute atomic E-state index is 0.243. The van der Waals surface area contributed by atoms with Crippen LogP contribution in [0.25, 0.3) is 15.5 Å². The number of fused-ring (bicyclic) bond motifs is 1. The first kappa shape index (κ1) is 10.2. The van der Waals surface area contributed by atoms with Gasteiger partial charge in [-0.2, -0.15) is 9.61 Å². The van der Waals surface area contributed by atoms with Gasteiger partial charge in [-0.25, -0.2) is 0 Å². The zero-order chi connectivity index (χ0) is 12.0. The number of aryl methyl sites for hydroxylation is 2. The Hall–Kier alpha value is -1.95. The van der Waals surface area contributed by atoms with Gasteiger partial charge in [0, 0.05) is 0 Å². The number of hydrogen-bond donors (Lipinski definition) is 1. The van der Waals surface area contributed by atoms with E-state index in [2.05, 4.69) is 15.3 Å². The maximum absolute atomic E-state index is 9.90. The predicted molar refractivity (Wildman–Crippen MR) is 65.2 cm³/mol. The summed E-state index contributed by atoms with van der Waals surface area (Å²) in [4.78, 5) is 0.734. The van der Waals surface area contributed by atoms with Gasteiger partial charge in [0.2, 0.25) is 4.96 Å². The van der Waals surface area contributed by atoms with E-state index >= 15 is 0 Å². The van der Waals surface area contributed by atoms with Crippen LogP contribution in [0.15, 0.2) is 18.2 Å². The van der Waals surface area contributed by atoms with Crippen LogP contribution >= 0.6 is 11.3 Å². The van der Waals surface area contributed by atoms with Crippen molar-refractivity contribution < 1.29 is 5.11 Å². The molecule has 5 nitrogen and oxygen atoms in total. The molecule has 0 saturated heterocycles. The molecule has 0 unspecified atom stereocenters. The van der Waals surface area contributed by atoms with Crippen molar-refractivity contribution in [3.63, 3.8) is 0 Å². The first-order valence-electron chi connectivity index (χ1n) is 5.14. The Labute approximate surface area is 101 Å². The first-order chi connectivity index (χ1) is 8.15. The van der Waals surface area contributed by atoms with E-state index in [1.54, 1.807) is 10.6 Å². The van der Waals surface area contributed by atoms with Crippen LogP contribution in [0.2, 0.25) is 0 Å². The number of aromatic hydroxyl groups is 1. The van der Waals surface area contributed by atoms with Gasteiger partial charge in [-0.05, 0) is 31.5 Å². The highest BCUT2D eigenvalue weighted by molar-refractivity contribution is 7.19. The second-order valence-electron chi connectivity index (χ2n) is 3.87. The molecule has 3 rings (SSSR count). The molecule has 0 bridgehead atoms. The van der Waals surface area contributed by atoms with E-state index in [0.29, 0.717) is 0 Å². The van der Waals surface area contributed by atoms with E-state index in [-0.39, 0.29) is 5.75 Å². The third kappa shape index (κ3) is 1.57. The molecular formula is C11H10N4OS. The Morgan fingerprint density at radius 1 is 1.24 bits per heavy atom. The van der Waals surface area contributed by atoms with Crippen molar-refractivity contribution in [2.45, 2.75) is 13.8 Å². The fourth-order valence-electron chi connectivity index (χ4n) is 1.65. The Balaban J connectivity index is 2.20. The Morgan fingerprint density at radius 2 is 2.06 bits per heavy atom. The smallest absolute Gasteiger partial charge is 0.234 e. The number of aromatic nitrogens is 4. The van der Waals surface area contributed by atoms with Crippen molar-refractivity contribution >= 4 is 16.3 Å². The number of phenolic OH excluding ortho intramolecular Hbond substituents is 1. The summed E-state index contributed by atoms with van der Waals surface area (Å²) in [6.45, 7) is 3.78. The molecule has 3 aromatic rings. The van der Waals surface area contributed by atoms with Gasteiger partial charge in [-0.3, -0.25) is 0 Å². The van der Waals surface area contributed by atoms with E-state index in [9.17, 15) is 5.11 Å². The average Bonchev–Trinajstić information content (AvgIpc) is 2.81. The Morgan fingerprint density at radius 3 is 2.76 bits per heavy atom. The molecule has 6 heteroatoms. The molecule has 2 heterocycles. The lowest BCUT2D eigenvalue weighted by molar-refractivity contribution is 0.477. The van der Waals surface area contributed by atoms with Crippen molar-refractivity contribution in [3.8, 4) is 16.3 Å². The topological polar surface area (TPSA) is 63.3 Å². The molecule has 0 aliphatic heterocycles. The highest BCUT2D eigenvalue weighted by atomic mass is 32.1. The number of nitrogens with zero attached hydrogens (tertiary/aromatic N) is 4. The summed E-state index contributed by atoms with van der Waals surface area (Å²) in [6, 6.07) is 5.54. The molecule has 1 N–H and O–H groups in total. The summed E-state index contributed by atoms with van der Waals surface area (Å²) in [7, 11) is 0. The van der Waals surface area contributed by atoms with Crippen molar-refractivity contribution in [2.24, 2.45) is 0 Å². The van der Waals surface area contributed by atoms with Gasteiger partial charge in [-0.15, -0.1) is 10.2 Å². The zero-order valence-electron chi connectivity index (χ0n) is 9.38. The molecule has 17 heavy (non-hydrogen) atoms. The monoisotopic (exact) mass is 246 g/mol. The largest absolute Gasteiger partial charge is 0.507 e. The van der Waals surface area contributed by atoms with Gasteiger partial charge in [0.25, 0.3) is 0 Å². The van der Waals surface area contributed by atoms with Gasteiger partial charge < -0.3 is 5.11 Å². The number of hydrogen-bond acceptors (Lipinski definition) is 5. The lowest BCUT2D eigenvalue weighted by Crippen LogP contribution is -1.88. The Bertz CT molecular complexity index is 701. The molecule has 0 spiro atoms. The SMILES string of the molecule is Cc1ccc(-c2nn3c(C)nnc3s2)c(O)c1. The number of benzene rings is 1. The molecule has 0 fully saturated rings. The second kappa shape index (κ2) is 3.53. The lowest BCUT2D eigenvalue weighted by atomic mass is 10.1. The molecule has 2 aromatic heterocycles. The minimum Gasteiger partial charge on any atom is -0.507 e. The van der Waals surface area contributed by atoms with Gasteiger partial charge in [0.05, 0.1) is 5.56 Å². The normalized spacial score (nSPS) is 11.2. The van der Waals surface area contributed by atoms with Crippen LogP contribution in [-0.2, 0) is 0 Å². The molecule has 0 amide bonds. The molecule has 0 saturated carbocycles. The Kier molecular flexibility index (Phi) is 2.12. The number of phenols is 1. The maximum atomic E-state index is 9.90. The van der Waals surface area contributed by atoms with Crippen molar-refractivity contribution in [1.29, 1.82) is 0 Å². The maximum Gasteiger partial charge on any atom is 0.234 e. The molecule has 0 aliphatic carbocycles. The summed E-state index contributed by atoms with van der Waals surface area (Å²) in [5.41, 5.74) is 1.75.